The van der Waals surface area contributed by atoms with Crippen LogP contribution in [0.5, 0.6) is 0 Å². The predicted molar refractivity (Wildman–Crippen MR) is 291 cm³/mol. The van der Waals surface area contributed by atoms with Gasteiger partial charge in [-0.25, -0.2) is 20.4 Å². The van der Waals surface area contributed by atoms with Gasteiger partial charge in [-0.05, 0) is 100 Å². The first kappa shape index (κ1) is 52.3. The third kappa shape index (κ3) is 10.4. The number of hydrogen-bond acceptors (Lipinski definition) is 16. The summed E-state index contributed by atoms with van der Waals surface area (Å²) in [7, 11) is 1.74. The van der Waals surface area contributed by atoms with Gasteiger partial charge in [0.2, 0.25) is 5.91 Å². The fraction of sp³-hybridized carbons (Fsp3) is 0.603. The van der Waals surface area contributed by atoms with Crippen LogP contribution in [0.2, 0.25) is 0 Å². The molecule has 4 saturated heterocycles. The average Bonchev–Trinajstić information content (AvgIpc) is 4.34. The molecule has 3 saturated carbocycles. The molecule has 5 aromatic rings. The lowest BCUT2D eigenvalue weighted by atomic mass is 9.73. The van der Waals surface area contributed by atoms with Crippen molar-refractivity contribution in [1.82, 2.24) is 45.2 Å². The molecule has 3 aliphatic carbocycles. The van der Waals surface area contributed by atoms with Crippen LogP contribution in [0.15, 0.2) is 54.4 Å². The number of fused-ring (bicyclic) bond motifs is 4. The number of anilines is 1. The summed E-state index contributed by atoms with van der Waals surface area (Å²) in [5.41, 5.74) is 11.3. The van der Waals surface area contributed by atoms with Crippen LogP contribution in [0, 0.1) is 23.2 Å². The molecule has 0 radical (unpaired) electrons. The van der Waals surface area contributed by atoms with Gasteiger partial charge >= 0.3 is 5.97 Å². The molecule has 0 unspecified atom stereocenters. The zero-order valence-corrected chi connectivity index (χ0v) is 46.1. The molecule has 7 fully saturated rings. The quantitative estimate of drug-likeness (QED) is 0.108. The maximum atomic E-state index is 15.2. The van der Waals surface area contributed by atoms with Crippen molar-refractivity contribution in [2.24, 2.45) is 23.2 Å². The Morgan fingerprint density at radius 1 is 1.01 bits per heavy atom. The Morgan fingerprint density at radius 3 is 2.56 bits per heavy atom. The van der Waals surface area contributed by atoms with Crippen molar-refractivity contribution >= 4 is 45.7 Å². The topological polar surface area (TPSA) is 188 Å². The number of nitrogens with zero attached hydrogens (tertiary/aromatic N) is 8. The number of rotatable bonds is 14. The van der Waals surface area contributed by atoms with E-state index in [0.717, 1.165) is 101 Å². The van der Waals surface area contributed by atoms with E-state index in [2.05, 4.69) is 80.1 Å². The summed E-state index contributed by atoms with van der Waals surface area (Å²) in [6.45, 7) is 17.0. The zero-order valence-electron chi connectivity index (χ0n) is 45.3. The SMILES string of the molecule is CCO[C@@H]1c2nc(cs2)-c2ccc3c(c2)c(c(-c2cc(N4CCN(C5CC5)CC4)cnc2[C@H](C)OC)n3CCOC2CCOCC2)CC(C)(C)COC(=O)[C@H]2NN(C(=O)[C@H]1NC(=O)[C@@H]1[C@@H](C)[C@H]1c1ccncn1)C1CC2C1. The van der Waals surface area contributed by atoms with Crippen molar-refractivity contribution in [1.29, 1.82) is 0 Å². The van der Waals surface area contributed by atoms with Crippen LogP contribution < -0.4 is 15.6 Å². The van der Waals surface area contributed by atoms with Gasteiger partial charge in [-0.1, -0.05) is 26.8 Å². The van der Waals surface area contributed by atoms with Gasteiger partial charge in [-0.3, -0.25) is 29.3 Å². The van der Waals surface area contributed by atoms with Gasteiger partial charge < -0.3 is 38.5 Å². The summed E-state index contributed by atoms with van der Waals surface area (Å²) >= 11 is 1.41. The zero-order chi connectivity index (χ0) is 53.1. The number of piperazine rings is 1. The highest BCUT2D eigenvalue weighted by molar-refractivity contribution is 7.10. The number of amides is 2. The Hall–Kier alpha value is -5.41. The van der Waals surface area contributed by atoms with Crippen LogP contribution in [-0.2, 0) is 51.0 Å². The van der Waals surface area contributed by atoms with Crippen LogP contribution in [0.25, 0.3) is 33.4 Å². The summed E-state index contributed by atoms with van der Waals surface area (Å²) in [6, 6.07) is 9.34. The molecule has 8 bridgehead atoms. The molecule has 2 amide bonds. The molecule has 9 heterocycles. The first-order chi connectivity index (χ1) is 37.4. The Bertz CT molecular complexity index is 2960. The number of esters is 1. The molecule has 4 aromatic heterocycles. The highest BCUT2D eigenvalue weighted by Crippen LogP contribution is 2.53. The van der Waals surface area contributed by atoms with Crippen molar-refractivity contribution in [3.63, 3.8) is 0 Å². The van der Waals surface area contributed by atoms with Gasteiger partial charge in [0.15, 0.2) is 0 Å². The summed E-state index contributed by atoms with van der Waals surface area (Å²) in [5.74, 6) is -1.59. The number of pyridine rings is 1. The molecule has 7 atom stereocenters. The van der Waals surface area contributed by atoms with E-state index >= 15 is 4.79 Å². The molecule has 0 spiro atoms. The second-order valence-electron chi connectivity index (χ2n) is 23.3. The largest absolute Gasteiger partial charge is 0.464 e. The van der Waals surface area contributed by atoms with E-state index in [0.29, 0.717) is 50.6 Å². The molecule has 18 nitrogen and oxygen atoms in total. The van der Waals surface area contributed by atoms with E-state index in [-0.39, 0.29) is 61.0 Å². The molecule has 13 rings (SSSR count). The fourth-order valence-electron chi connectivity index (χ4n) is 12.9. The summed E-state index contributed by atoms with van der Waals surface area (Å²) in [5, 5.41) is 8.37. The van der Waals surface area contributed by atoms with Crippen molar-refractivity contribution in [3.8, 4) is 22.5 Å². The number of methoxy groups -OCH3 is 1. The molecular weight excluding hydrogens is 997 g/mol. The van der Waals surface area contributed by atoms with Gasteiger partial charge in [0.1, 0.15) is 29.5 Å². The Kier molecular flexibility index (Phi) is 14.7. The van der Waals surface area contributed by atoms with Crippen molar-refractivity contribution in [2.75, 3.05) is 71.2 Å². The number of carbonyl (C=O) groups excluding carboxylic acids is 3. The van der Waals surface area contributed by atoms with Crippen molar-refractivity contribution < 1.29 is 38.1 Å². The molecule has 410 valence electrons. The van der Waals surface area contributed by atoms with E-state index in [4.69, 9.17) is 33.7 Å². The Balaban J connectivity index is 0.980. The maximum absolute atomic E-state index is 15.2. The molecule has 77 heavy (non-hydrogen) atoms. The minimum atomic E-state index is -1.16. The smallest absolute Gasteiger partial charge is 0.325 e. The first-order valence-electron chi connectivity index (χ1n) is 28.1. The van der Waals surface area contributed by atoms with Gasteiger partial charge in [0.25, 0.3) is 5.91 Å². The summed E-state index contributed by atoms with van der Waals surface area (Å²) < 4.78 is 33.8. The number of nitrogens with one attached hydrogen (secondary N) is 2. The lowest BCUT2D eigenvalue weighted by Gasteiger charge is -2.53. The minimum Gasteiger partial charge on any atom is -0.464 e. The molecule has 19 heteroatoms. The molecular formula is C58H74N10O8S. The van der Waals surface area contributed by atoms with Crippen LogP contribution in [0.3, 0.4) is 0 Å². The third-order valence-electron chi connectivity index (χ3n) is 17.6. The fourth-order valence-corrected chi connectivity index (χ4v) is 13.8. The number of carbonyl (C=O) groups is 3. The normalized spacial score (nSPS) is 28.2. The number of ether oxygens (including phenoxy) is 5. The number of benzene rings is 1. The first-order valence-corrected chi connectivity index (χ1v) is 29.0. The lowest BCUT2D eigenvalue weighted by molar-refractivity contribution is -0.173. The Labute approximate surface area is 454 Å². The van der Waals surface area contributed by atoms with E-state index in [1.54, 1.807) is 18.3 Å². The molecule has 2 N–H and O–H groups in total. The van der Waals surface area contributed by atoms with Gasteiger partial charge in [0.05, 0.1) is 54.4 Å². The van der Waals surface area contributed by atoms with E-state index in [9.17, 15) is 9.59 Å². The predicted octanol–water partition coefficient (Wildman–Crippen LogP) is 7.04. The number of aromatic nitrogens is 5. The number of hydrazine groups is 1. The van der Waals surface area contributed by atoms with Gasteiger partial charge in [-0.15, -0.1) is 11.3 Å². The molecule has 8 aliphatic rings. The minimum absolute atomic E-state index is 0.00207. The summed E-state index contributed by atoms with van der Waals surface area (Å²) in [4.78, 5) is 68.5. The van der Waals surface area contributed by atoms with Crippen molar-refractivity contribution in [3.05, 3.63) is 76.4 Å². The summed E-state index contributed by atoms with van der Waals surface area (Å²) in [6.07, 6.45) is 10.2. The van der Waals surface area contributed by atoms with E-state index in [1.165, 1.54) is 30.5 Å². The highest BCUT2D eigenvalue weighted by atomic mass is 32.1. The van der Waals surface area contributed by atoms with Crippen LogP contribution in [-0.4, -0.2) is 149 Å². The number of hydrogen-bond donors (Lipinski definition) is 2. The standard InChI is InChI=1S/C58H74N10O8S/c1-7-74-53-51(63-54(69)48-33(2)47(48)44-12-15-59-32-61-44)56(70)68-38-24-36(25-38)50(64-68)57(71)76-31-58(4,5)28-43-41-26-35(45-30-77-55(53)62-45)8-11-46(41)67(20-23-75-40-13-21-73-22-14-40)52(43)42-27-39(29-60-49(42)34(3)72-6)66-18-16-65(17-19-66)37-9-10-37/h8,11-12,15,26-27,29-30,32-34,36-38,40,47-48,50-51,53,64H,7,9-10,13-14,16-25,28,31H2,1-6H3,(H,63,69)/t33-,34-,36?,38?,47-,48+,50-,51-,53-/m0/s1. The van der Waals surface area contributed by atoms with Gasteiger partial charge in [-0.2, -0.15) is 0 Å². The Morgan fingerprint density at radius 2 is 1.82 bits per heavy atom. The number of cyclic esters (lactones) is 1. The highest BCUT2D eigenvalue weighted by Gasteiger charge is 2.56. The van der Waals surface area contributed by atoms with Crippen molar-refractivity contribution in [2.45, 2.75) is 135 Å². The lowest BCUT2D eigenvalue weighted by Crippen LogP contribution is -2.72. The second-order valence-corrected chi connectivity index (χ2v) is 24.2. The van der Waals surface area contributed by atoms with Crippen LogP contribution in [0.4, 0.5) is 5.69 Å². The third-order valence-corrected chi connectivity index (χ3v) is 18.5. The second kappa shape index (κ2) is 21.7. The maximum Gasteiger partial charge on any atom is 0.325 e. The van der Waals surface area contributed by atoms with Crippen LogP contribution in [0.1, 0.15) is 113 Å². The van der Waals surface area contributed by atoms with Gasteiger partial charge in [0, 0.05) is 128 Å². The monoisotopic (exact) mass is 1070 g/mol. The van der Waals surface area contributed by atoms with E-state index in [1.807, 2.05) is 31.5 Å². The van der Waals surface area contributed by atoms with E-state index < -0.39 is 35.5 Å². The van der Waals surface area contributed by atoms with Crippen LogP contribution >= 0.6 is 11.3 Å². The molecule has 1 aromatic carbocycles. The average molecular weight is 1070 g/mol. The number of thiazole rings is 1. The molecule has 5 aliphatic heterocycles.